The first-order valence-electron chi connectivity index (χ1n) is 14.2. The van der Waals surface area contributed by atoms with Gasteiger partial charge in [0, 0.05) is 5.54 Å². The highest BCUT2D eigenvalue weighted by molar-refractivity contribution is 5.74. The third kappa shape index (κ3) is 4.26. The Balaban J connectivity index is 1.24. The second-order valence-electron chi connectivity index (χ2n) is 12.7. The molecule has 7 heteroatoms. The maximum atomic E-state index is 12.7. The Labute approximate surface area is 220 Å². The van der Waals surface area contributed by atoms with E-state index in [1.54, 1.807) is 0 Å². The maximum Gasteiger partial charge on any atom is 0.407 e. The molecule has 0 aliphatic heterocycles. The minimum atomic E-state index is -0.476. The number of nitrogens with one attached hydrogen (secondary N) is 1. The molecule has 4 aliphatic rings. The second kappa shape index (κ2) is 9.88. The molecule has 4 saturated carbocycles. The predicted octanol–water partition coefficient (Wildman–Crippen LogP) is 4.73. The zero-order chi connectivity index (χ0) is 26.4. The van der Waals surface area contributed by atoms with Gasteiger partial charge >= 0.3 is 12.1 Å². The van der Waals surface area contributed by atoms with Gasteiger partial charge in [0.1, 0.15) is 6.10 Å². The van der Waals surface area contributed by atoms with E-state index in [4.69, 9.17) is 15.2 Å². The summed E-state index contributed by atoms with van der Waals surface area (Å²) in [6, 6.07) is 9.00. The van der Waals surface area contributed by atoms with Crippen molar-refractivity contribution in [1.29, 1.82) is 0 Å². The summed E-state index contributed by atoms with van der Waals surface area (Å²) in [5.74, 6) is 1.25. The SMILES string of the molecule is COC(=O)[C@H]1CC[C@]2(N)[C@@H]3CC[C@@H]4C[C@@H](OC(=O)NC(CO)c5ccccc5)CC[C@]4(C)[C@H]3CC[C@]12C. The minimum absolute atomic E-state index is 0.0974. The van der Waals surface area contributed by atoms with E-state index in [2.05, 4.69) is 19.2 Å². The number of esters is 1. The summed E-state index contributed by atoms with van der Waals surface area (Å²) < 4.78 is 11.1. The van der Waals surface area contributed by atoms with Gasteiger partial charge in [-0.15, -0.1) is 0 Å². The molecular formula is C30H44N2O5. The Morgan fingerprint density at radius 3 is 2.51 bits per heavy atom. The van der Waals surface area contributed by atoms with Crippen LogP contribution in [0.25, 0.3) is 0 Å². The number of ether oxygens (including phenoxy) is 2. The van der Waals surface area contributed by atoms with Crippen LogP contribution < -0.4 is 11.1 Å². The van der Waals surface area contributed by atoms with Crippen molar-refractivity contribution in [2.75, 3.05) is 13.7 Å². The number of nitrogens with two attached hydrogens (primary N) is 1. The number of fused-ring (bicyclic) bond motifs is 5. The Bertz CT molecular complexity index is 1000. The van der Waals surface area contributed by atoms with E-state index < -0.39 is 12.1 Å². The summed E-state index contributed by atoms with van der Waals surface area (Å²) in [6.07, 6.45) is 8.12. The molecule has 0 aromatic heterocycles. The van der Waals surface area contributed by atoms with Crippen LogP contribution in [-0.4, -0.2) is 42.5 Å². The van der Waals surface area contributed by atoms with Gasteiger partial charge in [-0.1, -0.05) is 44.2 Å². The largest absolute Gasteiger partial charge is 0.469 e. The van der Waals surface area contributed by atoms with Gasteiger partial charge in [-0.25, -0.2) is 4.79 Å². The monoisotopic (exact) mass is 512 g/mol. The molecule has 5 rings (SSSR count). The van der Waals surface area contributed by atoms with E-state index in [1.807, 2.05) is 30.3 Å². The van der Waals surface area contributed by atoms with Crippen molar-refractivity contribution < 1.29 is 24.2 Å². The number of carbonyl (C=O) groups excluding carboxylic acids is 2. The maximum absolute atomic E-state index is 12.7. The molecule has 7 nitrogen and oxygen atoms in total. The quantitative estimate of drug-likeness (QED) is 0.492. The van der Waals surface area contributed by atoms with Gasteiger partial charge in [-0.05, 0) is 91.9 Å². The molecule has 0 heterocycles. The van der Waals surface area contributed by atoms with Crippen LogP contribution in [0.1, 0.15) is 83.2 Å². The molecule has 9 atom stereocenters. The van der Waals surface area contributed by atoms with Crippen LogP contribution in [0.2, 0.25) is 0 Å². The molecule has 0 saturated heterocycles. The second-order valence-corrected chi connectivity index (χ2v) is 12.7. The molecule has 37 heavy (non-hydrogen) atoms. The normalized spacial score (nSPS) is 41.5. The van der Waals surface area contributed by atoms with Crippen molar-refractivity contribution in [3.8, 4) is 0 Å². The number of aliphatic hydroxyl groups is 1. The molecule has 204 valence electrons. The fraction of sp³-hybridized carbons (Fsp3) is 0.733. The highest BCUT2D eigenvalue weighted by Crippen LogP contribution is 2.68. The molecule has 0 radical (unpaired) electrons. The van der Waals surface area contributed by atoms with Gasteiger partial charge in [0.25, 0.3) is 0 Å². The van der Waals surface area contributed by atoms with Crippen LogP contribution in [0, 0.1) is 34.5 Å². The van der Waals surface area contributed by atoms with Gasteiger partial charge in [-0.3, -0.25) is 4.79 Å². The molecule has 0 bridgehead atoms. The lowest BCUT2D eigenvalue weighted by molar-refractivity contribution is -0.160. The van der Waals surface area contributed by atoms with Crippen molar-refractivity contribution in [2.24, 2.45) is 40.2 Å². The van der Waals surface area contributed by atoms with Crippen LogP contribution >= 0.6 is 0 Å². The third-order valence-electron chi connectivity index (χ3n) is 11.4. The van der Waals surface area contributed by atoms with Crippen molar-refractivity contribution in [3.05, 3.63) is 35.9 Å². The van der Waals surface area contributed by atoms with Crippen LogP contribution in [0.15, 0.2) is 30.3 Å². The summed E-state index contributed by atoms with van der Waals surface area (Å²) in [6.45, 7) is 4.51. The van der Waals surface area contributed by atoms with E-state index in [-0.39, 0.29) is 41.0 Å². The van der Waals surface area contributed by atoms with Crippen LogP contribution in [0.5, 0.6) is 0 Å². The lowest BCUT2D eigenvalue weighted by Gasteiger charge is -2.64. The summed E-state index contributed by atoms with van der Waals surface area (Å²) in [4.78, 5) is 25.4. The zero-order valence-electron chi connectivity index (χ0n) is 22.6. The van der Waals surface area contributed by atoms with E-state index in [0.717, 1.165) is 63.4 Å². The Hall–Kier alpha value is -2.12. The fourth-order valence-corrected chi connectivity index (χ4v) is 9.16. The van der Waals surface area contributed by atoms with Crippen molar-refractivity contribution in [1.82, 2.24) is 5.32 Å². The number of carbonyl (C=O) groups is 2. The standard InChI is InChI=1S/C30H44N2O5/c1-28-14-11-21(37-27(35)32-25(18-33)19-7-5-4-6-8-19)17-20(28)9-10-23-22(28)12-15-29(2)24(26(34)36-3)13-16-30(23,29)31/h4-8,20-25,33H,9-18,31H2,1-3H3,(H,32,35)/t20-,21+,22+,23-,24-,25?,28+,29-,30+/m1/s1. The van der Waals surface area contributed by atoms with E-state index in [1.165, 1.54) is 7.11 Å². The van der Waals surface area contributed by atoms with E-state index in [9.17, 15) is 14.7 Å². The highest BCUT2D eigenvalue weighted by Gasteiger charge is 2.67. The Morgan fingerprint density at radius 2 is 1.81 bits per heavy atom. The fourth-order valence-electron chi connectivity index (χ4n) is 9.16. The average Bonchev–Trinajstić information content (AvgIpc) is 3.18. The molecule has 1 amide bonds. The predicted molar refractivity (Wildman–Crippen MR) is 140 cm³/mol. The van der Waals surface area contributed by atoms with Crippen LogP contribution in [0.4, 0.5) is 4.79 Å². The summed E-state index contributed by atoms with van der Waals surface area (Å²) >= 11 is 0. The summed E-state index contributed by atoms with van der Waals surface area (Å²) in [7, 11) is 1.49. The molecule has 4 aliphatic carbocycles. The number of methoxy groups -OCH3 is 1. The molecule has 0 spiro atoms. The number of benzene rings is 1. The Morgan fingerprint density at radius 1 is 1.05 bits per heavy atom. The zero-order valence-corrected chi connectivity index (χ0v) is 22.6. The van der Waals surface area contributed by atoms with Crippen molar-refractivity contribution in [2.45, 2.75) is 89.3 Å². The van der Waals surface area contributed by atoms with Crippen LogP contribution in [-0.2, 0) is 14.3 Å². The van der Waals surface area contributed by atoms with Crippen molar-refractivity contribution >= 4 is 12.1 Å². The molecule has 1 unspecified atom stereocenters. The van der Waals surface area contributed by atoms with E-state index >= 15 is 0 Å². The summed E-state index contributed by atoms with van der Waals surface area (Å²) in [5.41, 5.74) is 7.82. The van der Waals surface area contributed by atoms with E-state index in [0.29, 0.717) is 17.8 Å². The lowest BCUT2D eigenvalue weighted by atomic mass is 9.42. The van der Waals surface area contributed by atoms with Gasteiger partial charge in [0.2, 0.25) is 0 Å². The Kier molecular flexibility index (Phi) is 7.07. The van der Waals surface area contributed by atoms with Gasteiger partial charge in [0.05, 0.1) is 25.7 Å². The number of alkyl carbamates (subject to hydrolysis) is 1. The first-order valence-corrected chi connectivity index (χ1v) is 14.2. The molecular weight excluding hydrogens is 468 g/mol. The van der Waals surface area contributed by atoms with Gasteiger partial charge in [-0.2, -0.15) is 0 Å². The first kappa shape index (κ1) is 26.5. The molecule has 4 fully saturated rings. The lowest BCUT2D eigenvalue weighted by Crippen LogP contribution is -2.66. The van der Waals surface area contributed by atoms with Gasteiger partial charge in [0.15, 0.2) is 0 Å². The number of rotatable bonds is 5. The number of aliphatic hydroxyl groups excluding tert-OH is 1. The number of hydrogen-bond acceptors (Lipinski definition) is 6. The minimum Gasteiger partial charge on any atom is -0.469 e. The third-order valence-corrected chi connectivity index (χ3v) is 11.4. The topological polar surface area (TPSA) is 111 Å². The smallest absolute Gasteiger partial charge is 0.407 e. The highest BCUT2D eigenvalue weighted by atomic mass is 16.6. The molecule has 1 aromatic carbocycles. The molecule has 4 N–H and O–H groups in total. The number of hydrogen-bond donors (Lipinski definition) is 3. The van der Waals surface area contributed by atoms with Gasteiger partial charge < -0.3 is 25.6 Å². The molecule has 1 aromatic rings. The van der Waals surface area contributed by atoms with Crippen LogP contribution in [0.3, 0.4) is 0 Å². The van der Waals surface area contributed by atoms with Crippen molar-refractivity contribution in [3.63, 3.8) is 0 Å². The summed E-state index contributed by atoms with van der Waals surface area (Å²) in [5, 5.41) is 12.6. The average molecular weight is 513 g/mol. The number of amides is 1. The first-order chi connectivity index (χ1) is 17.7.